The number of carbonyl (C=O) groups excluding carboxylic acids is 1. The molecule has 25 heavy (non-hydrogen) atoms. The molecule has 7 heteroatoms. The molecule has 0 radical (unpaired) electrons. The molecule has 2 aromatic rings. The molecule has 1 aliphatic heterocycles. The Hall–Kier alpha value is -2.25. The molecule has 0 unspecified atom stereocenters. The van der Waals surface area contributed by atoms with E-state index in [0.29, 0.717) is 26.1 Å². The third-order valence-corrected chi connectivity index (χ3v) is 4.68. The predicted octanol–water partition coefficient (Wildman–Crippen LogP) is 0.764. The van der Waals surface area contributed by atoms with Crippen molar-refractivity contribution in [2.24, 2.45) is 0 Å². The fourth-order valence-corrected chi connectivity index (χ4v) is 3.28. The maximum atomic E-state index is 12.4. The van der Waals surface area contributed by atoms with Crippen molar-refractivity contribution in [3.05, 3.63) is 48.8 Å². The fraction of sp³-hybridized carbons (Fsp3) is 0.500. The summed E-state index contributed by atoms with van der Waals surface area (Å²) < 4.78 is 1.75. The van der Waals surface area contributed by atoms with Crippen LogP contribution in [0.3, 0.4) is 0 Å². The van der Waals surface area contributed by atoms with Crippen LogP contribution in [0.2, 0.25) is 0 Å². The number of likely N-dealkylation sites (tertiary alicyclic amines) is 1. The maximum absolute atomic E-state index is 12.4. The summed E-state index contributed by atoms with van der Waals surface area (Å²) in [6.45, 7) is 5.49. The highest BCUT2D eigenvalue weighted by Gasteiger charge is 2.39. The molecule has 3 heterocycles. The van der Waals surface area contributed by atoms with Gasteiger partial charge in [-0.1, -0.05) is 6.92 Å². The largest absolute Gasteiger partial charge is 0.387 e. The lowest BCUT2D eigenvalue weighted by molar-refractivity contribution is -0.132. The average Bonchev–Trinajstić information content (AvgIpc) is 3.25. The lowest BCUT2D eigenvalue weighted by Gasteiger charge is -2.30. The number of imidazole rings is 1. The van der Waals surface area contributed by atoms with Crippen molar-refractivity contribution in [2.45, 2.75) is 32.0 Å². The molecule has 1 N–H and O–H groups in total. The van der Waals surface area contributed by atoms with Crippen LogP contribution in [0.5, 0.6) is 0 Å². The second kappa shape index (κ2) is 7.76. The molecule has 1 fully saturated rings. The number of rotatable bonds is 7. The maximum Gasteiger partial charge on any atom is 0.242 e. The summed E-state index contributed by atoms with van der Waals surface area (Å²) >= 11 is 0. The smallest absolute Gasteiger partial charge is 0.242 e. The lowest BCUT2D eigenvalue weighted by Crippen LogP contribution is -2.46. The number of hydrogen-bond donors (Lipinski definition) is 1. The van der Waals surface area contributed by atoms with Gasteiger partial charge in [0.05, 0.1) is 18.5 Å². The molecule has 1 amide bonds. The molecule has 3 rings (SSSR count). The van der Waals surface area contributed by atoms with Gasteiger partial charge in [0.1, 0.15) is 6.54 Å². The molecule has 7 nitrogen and oxygen atoms in total. The van der Waals surface area contributed by atoms with Crippen LogP contribution in [0.25, 0.3) is 0 Å². The van der Waals surface area contributed by atoms with Crippen molar-refractivity contribution >= 4 is 5.91 Å². The standard InChI is InChI=1S/C18H25N5O2/c1-2-21(11-16-3-6-19-7-4-16)13-18(25)5-9-23(14-18)17(24)12-22-10-8-20-15-22/h3-4,6-8,10,15,25H,2,5,9,11-14H2,1H3/t18-/m1/s1. The van der Waals surface area contributed by atoms with E-state index in [-0.39, 0.29) is 12.5 Å². The van der Waals surface area contributed by atoms with Gasteiger partial charge in [-0.05, 0) is 30.7 Å². The molecule has 1 saturated heterocycles. The van der Waals surface area contributed by atoms with Gasteiger partial charge in [-0.15, -0.1) is 0 Å². The third-order valence-electron chi connectivity index (χ3n) is 4.68. The summed E-state index contributed by atoms with van der Waals surface area (Å²) in [4.78, 5) is 24.3. The number of β-amino-alcohol motifs (C(OH)–C–C–N with tert-alkyl or cyclic N) is 1. The Morgan fingerprint density at radius 3 is 2.80 bits per heavy atom. The van der Waals surface area contributed by atoms with E-state index in [9.17, 15) is 9.90 Å². The molecule has 0 aliphatic carbocycles. The first-order valence-electron chi connectivity index (χ1n) is 8.65. The Kier molecular flexibility index (Phi) is 5.45. The number of hydrogen-bond acceptors (Lipinski definition) is 5. The van der Waals surface area contributed by atoms with E-state index in [4.69, 9.17) is 0 Å². The van der Waals surface area contributed by atoms with Crippen molar-refractivity contribution in [3.8, 4) is 0 Å². The Morgan fingerprint density at radius 2 is 2.12 bits per heavy atom. The topological polar surface area (TPSA) is 74.5 Å². The summed E-state index contributed by atoms with van der Waals surface area (Å²) in [5.41, 5.74) is 0.319. The molecule has 2 aromatic heterocycles. The van der Waals surface area contributed by atoms with Crippen LogP contribution >= 0.6 is 0 Å². The Balaban J connectivity index is 1.55. The quantitative estimate of drug-likeness (QED) is 0.804. The highest BCUT2D eigenvalue weighted by atomic mass is 16.3. The molecule has 0 saturated carbocycles. The predicted molar refractivity (Wildman–Crippen MR) is 93.6 cm³/mol. The zero-order valence-electron chi connectivity index (χ0n) is 14.6. The second-order valence-corrected chi connectivity index (χ2v) is 6.68. The SMILES string of the molecule is CCN(Cc1ccncc1)C[C@]1(O)CCN(C(=O)Cn2ccnc2)C1. The van der Waals surface area contributed by atoms with Gasteiger partial charge in [-0.2, -0.15) is 0 Å². The number of pyridine rings is 1. The van der Waals surface area contributed by atoms with Gasteiger partial charge in [0.2, 0.25) is 5.91 Å². The van der Waals surface area contributed by atoms with Crippen LogP contribution in [-0.4, -0.2) is 67.1 Å². The van der Waals surface area contributed by atoms with Gasteiger partial charge in [0, 0.05) is 44.4 Å². The molecule has 1 atom stereocenters. The van der Waals surface area contributed by atoms with Crippen LogP contribution in [0.1, 0.15) is 18.9 Å². The zero-order valence-corrected chi connectivity index (χ0v) is 14.6. The van der Waals surface area contributed by atoms with Crippen LogP contribution in [-0.2, 0) is 17.9 Å². The van der Waals surface area contributed by atoms with Crippen molar-refractivity contribution < 1.29 is 9.90 Å². The van der Waals surface area contributed by atoms with Gasteiger partial charge >= 0.3 is 0 Å². The molecule has 0 spiro atoms. The van der Waals surface area contributed by atoms with Gasteiger partial charge in [0.25, 0.3) is 0 Å². The Bertz CT molecular complexity index is 676. The first-order valence-corrected chi connectivity index (χ1v) is 8.65. The van der Waals surface area contributed by atoms with E-state index in [1.165, 1.54) is 5.56 Å². The van der Waals surface area contributed by atoms with Gasteiger partial charge in [-0.3, -0.25) is 14.7 Å². The van der Waals surface area contributed by atoms with Crippen molar-refractivity contribution in [3.63, 3.8) is 0 Å². The second-order valence-electron chi connectivity index (χ2n) is 6.68. The molecular weight excluding hydrogens is 318 g/mol. The molecule has 134 valence electrons. The number of aromatic nitrogens is 3. The molecule has 0 bridgehead atoms. The minimum absolute atomic E-state index is 0.0195. The van der Waals surface area contributed by atoms with E-state index in [1.54, 1.807) is 40.6 Å². The summed E-state index contributed by atoms with van der Waals surface area (Å²) in [5.74, 6) is 0.0195. The van der Waals surface area contributed by atoms with Crippen LogP contribution in [0.15, 0.2) is 43.2 Å². The third kappa shape index (κ3) is 4.64. The van der Waals surface area contributed by atoms with Gasteiger partial charge in [-0.25, -0.2) is 4.98 Å². The summed E-state index contributed by atoms with van der Waals surface area (Å²) in [6, 6.07) is 3.98. The lowest BCUT2D eigenvalue weighted by atomic mass is 10.0. The van der Waals surface area contributed by atoms with E-state index >= 15 is 0 Å². The Labute approximate surface area is 147 Å². The number of likely N-dealkylation sites (N-methyl/N-ethyl adjacent to an activating group) is 1. The monoisotopic (exact) mass is 343 g/mol. The molecular formula is C18H25N5O2. The van der Waals surface area contributed by atoms with E-state index in [1.807, 2.05) is 12.1 Å². The average molecular weight is 343 g/mol. The summed E-state index contributed by atoms with van der Waals surface area (Å²) in [5, 5.41) is 10.9. The minimum atomic E-state index is -0.854. The van der Waals surface area contributed by atoms with Gasteiger partial charge < -0.3 is 14.6 Å². The van der Waals surface area contributed by atoms with Crippen molar-refractivity contribution in [1.29, 1.82) is 0 Å². The van der Waals surface area contributed by atoms with Crippen molar-refractivity contribution in [2.75, 3.05) is 26.2 Å². The summed E-state index contributed by atoms with van der Waals surface area (Å²) in [7, 11) is 0. The molecule has 1 aliphatic rings. The number of amides is 1. The first kappa shape index (κ1) is 17.6. The minimum Gasteiger partial charge on any atom is -0.387 e. The van der Waals surface area contributed by atoms with Gasteiger partial charge in [0.15, 0.2) is 0 Å². The van der Waals surface area contributed by atoms with Crippen LogP contribution in [0.4, 0.5) is 0 Å². The number of nitrogens with zero attached hydrogens (tertiary/aromatic N) is 5. The number of aliphatic hydroxyl groups is 1. The van der Waals surface area contributed by atoms with Crippen molar-refractivity contribution in [1.82, 2.24) is 24.3 Å². The van der Waals surface area contributed by atoms with E-state index in [0.717, 1.165) is 13.1 Å². The summed E-state index contributed by atoms with van der Waals surface area (Å²) in [6.07, 6.45) is 9.23. The highest BCUT2D eigenvalue weighted by Crippen LogP contribution is 2.23. The first-order chi connectivity index (χ1) is 12.1. The van der Waals surface area contributed by atoms with Crippen LogP contribution in [0, 0.1) is 0 Å². The zero-order chi connectivity index (χ0) is 17.7. The Morgan fingerprint density at radius 1 is 1.32 bits per heavy atom. The molecule has 0 aromatic carbocycles. The van der Waals surface area contributed by atoms with E-state index in [2.05, 4.69) is 21.8 Å². The highest BCUT2D eigenvalue weighted by molar-refractivity contribution is 5.76. The fourth-order valence-electron chi connectivity index (χ4n) is 3.28. The normalized spacial score (nSPS) is 20.4. The number of carbonyl (C=O) groups is 1. The van der Waals surface area contributed by atoms with E-state index < -0.39 is 5.60 Å². The van der Waals surface area contributed by atoms with Crippen LogP contribution < -0.4 is 0 Å².